The molecule has 146 valence electrons. The number of sulfonamides is 1. The number of hydrogen-bond donors (Lipinski definition) is 2. The van der Waals surface area contributed by atoms with E-state index in [1.54, 1.807) is 24.3 Å². The number of amides is 1. The number of nitrogens with one attached hydrogen (secondary N) is 1. The van der Waals surface area contributed by atoms with Gasteiger partial charge in [-0.05, 0) is 29.3 Å². The van der Waals surface area contributed by atoms with Gasteiger partial charge in [0.2, 0.25) is 15.9 Å². The van der Waals surface area contributed by atoms with Crippen LogP contribution in [0.15, 0.2) is 53.6 Å². The minimum atomic E-state index is -3.60. The van der Waals surface area contributed by atoms with Crippen LogP contribution in [0, 0.1) is 5.82 Å². The first-order chi connectivity index (χ1) is 13.2. The molecule has 8 nitrogen and oxygen atoms in total. The van der Waals surface area contributed by atoms with E-state index >= 15 is 0 Å². The Bertz CT molecular complexity index is 1190. The Labute approximate surface area is 159 Å². The van der Waals surface area contributed by atoms with Crippen LogP contribution in [0.2, 0.25) is 0 Å². The Kier molecular flexibility index (Phi) is 5.52. The summed E-state index contributed by atoms with van der Waals surface area (Å²) in [4.78, 5) is 28.5. The van der Waals surface area contributed by atoms with Crippen molar-refractivity contribution in [3.63, 3.8) is 0 Å². The first kappa shape index (κ1) is 19.6. The average molecular weight is 404 g/mol. The number of carbonyl (C=O) groups excluding carboxylic acids is 1. The molecule has 0 bridgehead atoms. The summed E-state index contributed by atoms with van der Waals surface area (Å²) in [6.07, 6.45) is 1.24. The second-order valence-electron chi connectivity index (χ2n) is 6.24. The zero-order valence-corrected chi connectivity index (χ0v) is 15.4. The van der Waals surface area contributed by atoms with Gasteiger partial charge in [-0.25, -0.2) is 22.9 Å². The summed E-state index contributed by atoms with van der Waals surface area (Å²) in [6.45, 7) is -0.0688. The van der Waals surface area contributed by atoms with E-state index in [0.717, 1.165) is 16.2 Å². The molecule has 3 rings (SSSR count). The molecule has 0 spiro atoms. The second kappa shape index (κ2) is 7.87. The van der Waals surface area contributed by atoms with E-state index in [1.165, 1.54) is 18.5 Å². The number of rotatable bonds is 6. The predicted molar refractivity (Wildman–Crippen MR) is 101 cm³/mol. The maximum absolute atomic E-state index is 13.3. The van der Waals surface area contributed by atoms with Crippen molar-refractivity contribution in [2.24, 2.45) is 5.14 Å². The highest BCUT2D eigenvalue weighted by Crippen LogP contribution is 2.09. The number of halogens is 1. The molecule has 0 saturated heterocycles. The normalized spacial score (nSPS) is 11.5. The van der Waals surface area contributed by atoms with Gasteiger partial charge in [0.05, 0.1) is 23.0 Å². The van der Waals surface area contributed by atoms with Gasteiger partial charge in [-0.2, -0.15) is 0 Å². The molecule has 0 aliphatic heterocycles. The summed E-state index contributed by atoms with van der Waals surface area (Å²) < 4.78 is 36.6. The molecule has 1 amide bonds. The number of aromatic nitrogens is 2. The lowest BCUT2D eigenvalue weighted by Crippen LogP contribution is -2.32. The standard InChI is InChI=1S/C18H17FN4O4S/c19-14-5-6-16-15(7-14)18(25)23(11-22-16)9-17(24)21-8-12-1-3-13(4-2-12)10-28(20,26)27/h1-7,11H,8-10H2,(H,21,24)(H2,20,26,27). The zero-order chi connectivity index (χ0) is 20.3. The van der Waals surface area contributed by atoms with Crippen LogP contribution in [0.3, 0.4) is 0 Å². The maximum Gasteiger partial charge on any atom is 0.261 e. The van der Waals surface area contributed by atoms with Crippen LogP contribution in [0.25, 0.3) is 10.9 Å². The smallest absolute Gasteiger partial charge is 0.261 e. The van der Waals surface area contributed by atoms with E-state index in [2.05, 4.69) is 10.3 Å². The van der Waals surface area contributed by atoms with Crippen LogP contribution in [-0.4, -0.2) is 23.9 Å². The fraction of sp³-hybridized carbons (Fsp3) is 0.167. The van der Waals surface area contributed by atoms with Crippen molar-refractivity contribution in [2.45, 2.75) is 18.8 Å². The van der Waals surface area contributed by atoms with Gasteiger partial charge >= 0.3 is 0 Å². The van der Waals surface area contributed by atoms with E-state index in [0.29, 0.717) is 11.1 Å². The maximum atomic E-state index is 13.3. The van der Waals surface area contributed by atoms with Crippen LogP contribution in [0.1, 0.15) is 11.1 Å². The van der Waals surface area contributed by atoms with Gasteiger partial charge in [0, 0.05) is 6.54 Å². The van der Waals surface area contributed by atoms with E-state index in [4.69, 9.17) is 5.14 Å². The molecule has 3 N–H and O–H groups in total. The third kappa shape index (κ3) is 4.99. The van der Waals surface area contributed by atoms with Crippen LogP contribution < -0.4 is 16.0 Å². The first-order valence-electron chi connectivity index (χ1n) is 8.21. The molecule has 0 radical (unpaired) electrons. The molecular formula is C18H17FN4O4S. The lowest BCUT2D eigenvalue weighted by atomic mass is 10.1. The molecule has 3 aromatic rings. The molecule has 1 aromatic heterocycles. The van der Waals surface area contributed by atoms with Crippen LogP contribution in [-0.2, 0) is 33.7 Å². The Balaban J connectivity index is 1.64. The molecule has 0 fully saturated rings. The van der Waals surface area contributed by atoms with Crippen molar-refractivity contribution in [1.82, 2.24) is 14.9 Å². The molecule has 0 aliphatic rings. The summed E-state index contributed by atoms with van der Waals surface area (Å²) in [6, 6.07) is 10.3. The van der Waals surface area contributed by atoms with Crippen molar-refractivity contribution < 1.29 is 17.6 Å². The van der Waals surface area contributed by atoms with E-state index in [-0.39, 0.29) is 24.2 Å². The van der Waals surface area contributed by atoms with Crippen molar-refractivity contribution in [3.05, 3.63) is 76.1 Å². The van der Waals surface area contributed by atoms with Crippen molar-refractivity contribution in [3.8, 4) is 0 Å². The summed E-state index contributed by atoms with van der Waals surface area (Å²) in [7, 11) is -3.60. The van der Waals surface area contributed by atoms with Crippen molar-refractivity contribution in [1.29, 1.82) is 0 Å². The topological polar surface area (TPSA) is 124 Å². The molecule has 10 heteroatoms. The van der Waals surface area contributed by atoms with Gasteiger partial charge < -0.3 is 5.32 Å². The van der Waals surface area contributed by atoms with Crippen LogP contribution in [0.4, 0.5) is 4.39 Å². The average Bonchev–Trinajstić information content (AvgIpc) is 2.63. The Morgan fingerprint density at radius 1 is 1.14 bits per heavy atom. The molecule has 0 saturated carbocycles. The van der Waals surface area contributed by atoms with E-state index in [1.807, 2.05) is 0 Å². The fourth-order valence-electron chi connectivity index (χ4n) is 2.64. The van der Waals surface area contributed by atoms with Crippen molar-refractivity contribution >= 4 is 26.8 Å². The number of nitrogens with two attached hydrogens (primary N) is 1. The predicted octanol–water partition coefficient (Wildman–Crippen LogP) is 0.640. The van der Waals surface area contributed by atoms with Crippen LogP contribution >= 0.6 is 0 Å². The number of fused-ring (bicyclic) bond motifs is 1. The molecule has 0 atom stereocenters. The third-order valence-electron chi connectivity index (χ3n) is 3.98. The zero-order valence-electron chi connectivity index (χ0n) is 14.6. The SMILES string of the molecule is NS(=O)(=O)Cc1ccc(CNC(=O)Cn2cnc3ccc(F)cc3c2=O)cc1. The molecule has 2 aromatic carbocycles. The van der Waals surface area contributed by atoms with Gasteiger partial charge in [-0.15, -0.1) is 0 Å². The summed E-state index contributed by atoms with van der Waals surface area (Å²) in [5, 5.41) is 7.75. The van der Waals surface area contributed by atoms with Gasteiger partial charge in [0.15, 0.2) is 0 Å². The van der Waals surface area contributed by atoms with Gasteiger partial charge in [0.1, 0.15) is 12.4 Å². The monoisotopic (exact) mass is 404 g/mol. The highest BCUT2D eigenvalue weighted by atomic mass is 32.2. The highest BCUT2D eigenvalue weighted by Gasteiger charge is 2.09. The molecular weight excluding hydrogens is 387 g/mol. The minimum Gasteiger partial charge on any atom is -0.350 e. The second-order valence-corrected chi connectivity index (χ2v) is 7.85. The van der Waals surface area contributed by atoms with Gasteiger partial charge in [0.25, 0.3) is 5.56 Å². The number of hydrogen-bond acceptors (Lipinski definition) is 5. The molecule has 0 unspecified atom stereocenters. The summed E-state index contributed by atoms with van der Waals surface area (Å²) >= 11 is 0. The largest absolute Gasteiger partial charge is 0.350 e. The number of carbonyl (C=O) groups is 1. The van der Waals surface area contributed by atoms with E-state index < -0.39 is 27.3 Å². The molecule has 0 aliphatic carbocycles. The Morgan fingerprint density at radius 2 is 1.82 bits per heavy atom. The highest BCUT2D eigenvalue weighted by molar-refractivity contribution is 7.88. The number of primary sulfonamides is 1. The quantitative estimate of drug-likeness (QED) is 0.624. The van der Waals surface area contributed by atoms with Gasteiger partial charge in [-0.3, -0.25) is 14.2 Å². The van der Waals surface area contributed by atoms with Crippen molar-refractivity contribution in [2.75, 3.05) is 0 Å². The lowest BCUT2D eigenvalue weighted by molar-refractivity contribution is -0.121. The summed E-state index contributed by atoms with van der Waals surface area (Å²) in [5.74, 6) is -1.24. The lowest BCUT2D eigenvalue weighted by Gasteiger charge is -2.09. The number of nitrogens with zero attached hydrogens (tertiary/aromatic N) is 2. The summed E-state index contributed by atoms with van der Waals surface area (Å²) in [5.41, 5.74) is 1.13. The fourth-order valence-corrected chi connectivity index (χ4v) is 3.30. The van der Waals surface area contributed by atoms with Crippen LogP contribution in [0.5, 0.6) is 0 Å². The Morgan fingerprint density at radius 3 is 2.50 bits per heavy atom. The third-order valence-corrected chi connectivity index (χ3v) is 4.72. The van der Waals surface area contributed by atoms with Gasteiger partial charge in [-0.1, -0.05) is 24.3 Å². The molecule has 1 heterocycles. The minimum absolute atomic E-state index is 0.0979. The number of benzene rings is 2. The Hall–Kier alpha value is -3.11. The first-order valence-corrected chi connectivity index (χ1v) is 9.92. The molecule has 28 heavy (non-hydrogen) atoms. The van der Waals surface area contributed by atoms with E-state index in [9.17, 15) is 22.4 Å².